The van der Waals surface area contributed by atoms with Crippen molar-refractivity contribution >= 4 is 13.0 Å². The number of carbonyl (C=O) groups is 1. The van der Waals surface area contributed by atoms with Gasteiger partial charge in [-0.2, -0.15) is 0 Å². The zero-order valence-electron chi connectivity index (χ0n) is 6.97. The quantitative estimate of drug-likeness (QED) is 0.438. The molecule has 0 spiro atoms. The van der Waals surface area contributed by atoms with E-state index in [2.05, 4.69) is 0 Å². The zero-order valence-corrected chi connectivity index (χ0v) is 6.97. The minimum Gasteiger partial charge on any atom is -0.481 e. The van der Waals surface area contributed by atoms with E-state index in [-0.39, 0.29) is 6.04 Å². The summed E-state index contributed by atoms with van der Waals surface area (Å²) in [7, 11) is -0.611. The lowest BCUT2D eigenvalue weighted by molar-refractivity contribution is -0.141. The normalized spacial score (nSPS) is 30.6. The van der Waals surface area contributed by atoms with Crippen molar-refractivity contribution in [3.8, 4) is 0 Å². The smallest absolute Gasteiger partial charge is 0.376 e. The summed E-state index contributed by atoms with van der Waals surface area (Å²) in [4.78, 5) is 12.2. The van der Waals surface area contributed by atoms with E-state index in [4.69, 9.17) is 15.9 Å². The summed E-state index contributed by atoms with van der Waals surface area (Å²) in [6.45, 7) is 2.40. The van der Waals surface area contributed by atoms with E-state index in [9.17, 15) is 4.79 Å². The van der Waals surface area contributed by atoms with Crippen LogP contribution in [0.1, 0.15) is 0 Å². The molecule has 0 aromatic carbocycles. The van der Waals surface area contributed by atoms with Crippen molar-refractivity contribution < 1.29 is 14.9 Å². The van der Waals surface area contributed by atoms with Gasteiger partial charge in [-0.3, -0.25) is 4.79 Å². The fourth-order valence-electron chi connectivity index (χ4n) is 1.43. The van der Waals surface area contributed by atoms with E-state index in [1.54, 1.807) is 11.6 Å². The van der Waals surface area contributed by atoms with Gasteiger partial charge in [0, 0.05) is 19.1 Å². The monoisotopic (exact) mass is 172 g/mol. The summed E-state index contributed by atoms with van der Waals surface area (Å²) in [5, 5.41) is 17.8. The van der Waals surface area contributed by atoms with Gasteiger partial charge in [0.25, 0.3) is 0 Å². The van der Waals surface area contributed by atoms with Crippen molar-refractivity contribution in [1.29, 1.82) is 0 Å². The Labute approximate surface area is 71.3 Å². The highest BCUT2D eigenvalue weighted by molar-refractivity contribution is 6.45. The van der Waals surface area contributed by atoms with E-state index in [1.165, 1.54) is 0 Å². The molecule has 0 bridgehead atoms. The van der Waals surface area contributed by atoms with Crippen LogP contribution in [0.3, 0.4) is 0 Å². The molecular formula is C6H13BN2O3. The van der Waals surface area contributed by atoms with Crippen molar-refractivity contribution in [1.82, 2.24) is 4.81 Å². The van der Waals surface area contributed by atoms with Crippen LogP contribution in [-0.4, -0.2) is 47.1 Å². The van der Waals surface area contributed by atoms with Crippen LogP contribution in [0.25, 0.3) is 0 Å². The molecule has 68 valence electrons. The van der Waals surface area contributed by atoms with Crippen molar-refractivity contribution in [3.63, 3.8) is 0 Å². The Hall–Kier alpha value is -0.585. The van der Waals surface area contributed by atoms with Gasteiger partial charge in [-0.25, -0.2) is 0 Å². The second kappa shape index (κ2) is 3.43. The van der Waals surface area contributed by atoms with Crippen LogP contribution in [0.15, 0.2) is 0 Å². The fraction of sp³-hybridized carbons (Fsp3) is 0.833. The molecular weight excluding hydrogens is 159 g/mol. The van der Waals surface area contributed by atoms with Crippen LogP contribution in [0.2, 0.25) is 6.82 Å². The molecule has 1 aliphatic heterocycles. The van der Waals surface area contributed by atoms with Crippen LogP contribution < -0.4 is 5.73 Å². The second-order valence-electron chi connectivity index (χ2n) is 3.19. The van der Waals surface area contributed by atoms with Crippen LogP contribution in [0.4, 0.5) is 0 Å². The lowest BCUT2D eigenvalue weighted by atomic mass is 9.86. The first-order valence-electron chi connectivity index (χ1n) is 3.93. The molecule has 0 amide bonds. The topological polar surface area (TPSA) is 86.8 Å². The van der Waals surface area contributed by atoms with Crippen LogP contribution in [0, 0.1) is 5.92 Å². The number of carboxylic acid groups (broad SMARTS) is 1. The van der Waals surface area contributed by atoms with E-state index in [0.717, 1.165) is 0 Å². The largest absolute Gasteiger partial charge is 0.481 e. The minimum absolute atomic E-state index is 0.341. The van der Waals surface area contributed by atoms with Gasteiger partial charge in [0.15, 0.2) is 0 Å². The third-order valence-corrected chi connectivity index (χ3v) is 2.24. The standard InChI is InChI=1S/C6H13BN2O3/c1-7(12)9-2-4(6(10)11)5(8)3-9/h4-5,12H,2-3,8H2,1H3,(H,10,11)/t4-,5?/m1/s1. The molecule has 0 aromatic heterocycles. The Kier molecular flexibility index (Phi) is 2.71. The summed E-state index contributed by atoms with van der Waals surface area (Å²) < 4.78 is 0. The highest BCUT2D eigenvalue weighted by Crippen LogP contribution is 2.15. The number of nitrogens with zero attached hydrogens (tertiary/aromatic N) is 1. The lowest BCUT2D eigenvalue weighted by Gasteiger charge is -2.14. The van der Waals surface area contributed by atoms with E-state index < -0.39 is 18.9 Å². The maximum Gasteiger partial charge on any atom is 0.376 e. The van der Waals surface area contributed by atoms with E-state index >= 15 is 0 Å². The van der Waals surface area contributed by atoms with Gasteiger partial charge in [0.05, 0.1) is 5.92 Å². The van der Waals surface area contributed by atoms with Gasteiger partial charge < -0.3 is 20.7 Å². The van der Waals surface area contributed by atoms with Crippen LogP contribution in [-0.2, 0) is 4.79 Å². The number of aliphatic carboxylic acids is 1. The summed E-state index contributed by atoms with van der Waals surface area (Å²) >= 11 is 0. The molecule has 5 nitrogen and oxygen atoms in total. The fourth-order valence-corrected chi connectivity index (χ4v) is 1.43. The first-order valence-corrected chi connectivity index (χ1v) is 3.93. The molecule has 0 saturated carbocycles. The molecule has 0 aliphatic carbocycles. The predicted molar refractivity (Wildman–Crippen MR) is 44.5 cm³/mol. The van der Waals surface area contributed by atoms with Gasteiger partial charge in [0.1, 0.15) is 0 Å². The molecule has 1 saturated heterocycles. The Morgan fingerprint density at radius 1 is 1.67 bits per heavy atom. The van der Waals surface area contributed by atoms with E-state index in [1.807, 2.05) is 0 Å². The third kappa shape index (κ3) is 1.77. The molecule has 4 N–H and O–H groups in total. The Bertz CT molecular complexity index is 188. The van der Waals surface area contributed by atoms with Gasteiger partial charge in [-0.15, -0.1) is 0 Å². The Morgan fingerprint density at radius 2 is 2.25 bits per heavy atom. The number of hydrogen-bond acceptors (Lipinski definition) is 4. The second-order valence-corrected chi connectivity index (χ2v) is 3.19. The third-order valence-electron chi connectivity index (χ3n) is 2.24. The van der Waals surface area contributed by atoms with Gasteiger partial charge in [-0.05, 0) is 6.82 Å². The minimum atomic E-state index is -0.884. The molecule has 1 unspecified atom stereocenters. The molecule has 1 aliphatic rings. The van der Waals surface area contributed by atoms with Crippen LogP contribution in [0.5, 0.6) is 0 Å². The number of hydrogen-bond donors (Lipinski definition) is 3. The first kappa shape index (κ1) is 9.50. The first-order chi connectivity index (χ1) is 5.52. The lowest BCUT2D eigenvalue weighted by Crippen LogP contribution is -2.37. The summed E-state index contributed by atoms with van der Waals surface area (Å²) in [5.74, 6) is -1.43. The molecule has 2 atom stereocenters. The maximum absolute atomic E-state index is 10.6. The van der Waals surface area contributed by atoms with Crippen molar-refractivity contribution in [2.45, 2.75) is 12.9 Å². The average Bonchev–Trinajstić information content (AvgIpc) is 2.30. The van der Waals surface area contributed by atoms with Crippen molar-refractivity contribution in [2.75, 3.05) is 13.1 Å². The van der Waals surface area contributed by atoms with E-state index in [0.29, 0.717) is 13.1 Å². The van der Waals surface area contributed by atoms with Crippen LogP contribution >= 0.6 is 0 Å². The van der Waals surface area contributed by atoms with Crippen molar-refractivity contribution in [3.05, 3.63) is 0 Å². The van der Waals surface area contributed by atoms with Gasteiger partial charge >= 0.3 is 13.0 Å². The van der Waals surface area contributed by atoms with Crippen molar-refractivity contribution in [2.24, 2.45) is 11.7 Å². The molecule has 0 radical (unpaired) electrons. The number of rotatable bonds is 2. The highest BCUT2D eigenvalue weighted by Gasteiger charge is 2.37. The SMILES string of the molecule is CB(O)N1CC(N)[C@H](C(=O)O)C1. The molecule has 1 fully saturated rings. The summed E-state index contributed by atoms with van der Waals surface area (Å²) in [6.07, 6.45) is 0. The molecule has 1 heterocycles. The molecule has 0 aromatic rings. The molecule has 1 rings (SSSR count). The number of nitrogens with two attached hydrogens (primary N) is 1. The van der Waals surface area contributed by atoms with Gasteiger partial charge in [0.2, 0.25) is 0 Å². The summed E-state index contributed by atoms with van der Waals surface area (Å²) in [6, 6.07) is -0.364. The number of carboxylic acids is 1. The predicted octanol–water partition coefficient (Wildman–Crippen LogP) is -1.56. The summed E-state index contributed by atoms with van der Waals surface area (Å²) in [5.41, 5.74) is 5.57. The highest BCUT2D eigenvalue weighted by atomic mass is 16.4. The average molecular weight is 172 g/mol. The molecule has 6 heteroatoms. The Morgan fingerprint density at radius 3 is 2.50 bits per heavy atom. The van der Waals surface area contributed by atoms with Gasteiger partial charge in [-0.1, -0.05) is 0 Å². The molecule has 12 heavy (non-hydrogen) atoms. The Balaban J connectivity index is 2.56. The maximum atomic E-state index is 10.6. The zero-order chi connectivity index (χ0) is 9.30.